The summed E-state index contributed by atoms with van der Waals surface area (Å²) in [5.74, 6) is -1.89. The molecule has 0 aromatic heterocycles. The van der Waals surface area contributed by atoms with E-state index in [1.165, 1.54) is 0 Å². The summed E-state index contributed by atoms with van der Waals surface area (Å²) >= 11 is 14.2. The number of halogens is 5. The third kappa shape index (κ3) is 3.24. The standard InChI is InChI=1S/C14H10Cl2F2IN/c1-20-14(7-2-3-13(19)10(16)4-7)8-5-11(17)12(18)6-9(8)15/h2-6,14,20H,1H3. The van der Waals surface area contributed by atoms with Crippen LogP contribution in [-0.4, -0.2) is 7.05 Å². The number of hydrogen-bond donors (Lipinski definition) is 1. The summed E-state index contributed by atoms with van der Waals surface area (Å²) in [5.41, 5.74) is 1.29. The molecule has 1 atom stereocenters. The summed E-state index contributed by atoms with van der Waals surface area (Å²) in [6, 6.07) is 7.22. The van der Waals surface area contributed by atoms with Gasteiger partial charge < -0.3 is 5.32 Å². The lowest BCUT2D eigenvalue weighted by Gasteiger charge is -2.19. The molecule has 106 valence electrons. The van der Waals surface area contributed by atoms with E-state index in [1.54, 1.807) is 13.1 Å². The van der Waals surface area contributed by atoms with Crippen LogP contribution in [0.4, 0.5) is 8.78 Å². The Morgan fingerprint density at radius 1 is 1.05 bits per heavy atom. The largest absolute Gasteiger partial charge is 0.309 e. The first-order chi connectivity index (χ1) is 9.43. The zero-order chi connectivity index (χ0) is 14.9. The first-order valence-electron chi connectivity index (χ1n) is 5.70. The van der Waals surface area contributed by atoms with E-state index in [4.69, 9.17) is 23.2 Å². The maximum absolute atomic E-state index is 13.4. The molecule has 0 fully saturated rings. The van der Waals surface area contributed by atoms with Gasteiger partial charge in [-0.2, -0.15) is 0 Å². The Bertz CT molecular complexity index is 649. The van der Waals surface area contributed by atoms with Crippen molar-refractivity contribution in [2.75, 3.05) is 7.05 Å². The predicted molar refractivity (Wildman–Crippen MR) is 86.4 cm³/mol. The Kier molecular flexibility index (Phi) is 5.23. The molecule has 0 heterocycles. The van der Waals surface area contributed by atoms with Crippen molar-refractivity contribution in [3.8, 4) is 0 Å². The van der Waals surface area contributed by atoms with Crippen molar-refractivity contribution < 1.29 is 8.78 Å². The van der Waals surface area contributed by atoms with E-state index in [2.05, 4.69) is 27.9 Å². The normalized spacial score (nSPS) is 12.5. The molecule has 0 aliphatic rings. The summed E-state index contributed by atoms with van der Waals surface area (Å²) < 4.78 is 27.5. The molecule has 0 aliphatic carbocycles. The predicted octanol–water partition coefficient (Wildman–Crippen LogP) is 5.19. The van der Waals surface area contributed by atoms with Crippen molar-refractivity contribution in [2.45, 2.75) is 6.04 Å². The molecule has 0 aliphatic heterocycles. The molecule has 2 aromatic carbocycles. The van der Waals surface area contributed by atoms with Crippen LogP contribution in [0, 0.1) is 15.2 Å². The second kappa shape index (κ2) is 6.56. The van der Waals surface area contributed by atoms with Crippen LogP contribution < -0.4 is 5.32 Å². The Labute approximate surface area is 139 Å². The molecule has 0 saturated carbocycles. The minimum Gasteiger partial charge on any atom is -0.309 e. The van der Waals surface area contributed by atoms with Crippen LogP contribution in [0.15, 0.2) is 30.3 Å². The molecule has 2 aromatic rings. The highest BCUT2D eigenvalue weighted by Crippen LogP contribution is 2.32. The molecule has 1 nitrogen and oxygen atoms in total. The smallest absolute Gasteiger partial charge is 0.160 e. The maximum Gasteiger partial charge on any atom is 0.160 e. The van der Waals surface area contributed by atoms with Crippen LogP contribution in [0.3, 0.4) is 0 Å². The first-order valence-corrected chi connectivity index (χ1v) is 7.54. The van der Waals surface area contributed by atoms with Crippen molar-refractivity contribution in [3.05, 3.63) is 66.7 Å². The van der Waals surface area contributed by atoms with Gasteiger partial charge in [0.2, 0.25) is 0 Å². The fraction of sp³-hybridized carbons (Fsp3) is 0.143. The van der Waals surface area contributed by atoms with Gasteiger partial charge in [0, 0.05) is 8.59 Å². The van der Waals surface area contributed by atoms with E-state index in [9.17, 15) is 8.78 Å². The number of rotatable bonds is 3. The van der Waals surface area contributed by atoms with Crippen LogP contribution in [-0.2, 0) is 0 Å². The number of benzene rings is 2. The van der Waals surface area contributed by atoms with Gasteiger partial charge in [0.15, 0.2) is 11.6 Å². The SMILES string of the molecule is CNC(c1ccc(I)c(Cl)c1)c1cc(F)c(F)cc1Cl. The van der Waals surface area contributed by atoms with E-state index < -0.39 is 11.6 Å². The highest BCUT2D eigenvalue weighted by atomic mass is 127. The molecule has 2 rings (SSSR count). The summed E-state index contributed by atoms with van der Waals surface area (Å²) in [7, 11) is 1.72. The third-order valence-corrected chi connectivity index (χ3v) is 4.82. The number of hydrogen-bond acceptors (Lipinski definition) is 1. The molecule has 0 amide bonds. The van der Waals surface area contributed by atoms with Gasteiger partial charge in [-0.1, -0.05) is 29.3 Å². The zero-order valence-electron chi connectivity index (χ0n) is 10.4. The fourth-order valence-corrected chi connectivity index (χ4v) is 2.74. The third-order valence-electron chi connectivity index (χ3n) is 2.92. The molecule has 6 heteroatoms. The minimum absolute atomic E-state index is 0.165. The van der Waals surface area contributed by atoms with Gasteiger partial charge in [0.25, 0.3) is 0 Å². The lowest BCUT2D eigenvalue weighted by Crippen LogP contribution is -2.18. The van der Waals surface area contributed by atoms with Crippen molar-refractivity contribution in [1.82, 2.24) is 5.32 Å². The summed E-state index contributed by atoms with van der Waals surface area (Å²) in [5, 5.41) is 3.80. The minimum atomic E-state index is -0.964. The van der Waals surface area contributed by atoms with Crippen LogP contribution in [0.2, 0.25) is 10.0 Å². The monoisotopic (exact) mass is 427 g/mol. The van der Waals surface area contributed by atoms with E-state index in [0.29, 0.717) is 10.6 Å². The maximum atomic E-state index is 13.4. The Morgan fingerprint density at radius 2 is 1.70 bits per heavy atom. The van der Waals surface area contributed by atoms with Gasteiger partial charge in [-0.15, -0.1) is 0 Å². The van der Waals surface area contributed by atoms with Crippen molar-refractivity contribution in [3.63, 3.8) is 0 Å². The summed E-state index contributed by atoms with van der Waals surface area (Å²) in [4.78, 5) is 0. The first kappa shape index (κ1) is 15.9. The average molecular weight is 428 g/mol. The summed E-state index contributed by atoms with van der Waals surface area (Å²) in [6.45, 7) is 0. The second-order valence-electron chi connectivity index (χ2n) is 4.18. The van der Waals surface area contributed by atoms with Crippen molar-refractivity contribution >= 4 is 45.8 Å². The van der Waals surface area contributed by atoms with E-state index in [0.717, 1.165) is 21.3 Å². The van der Waals surface area contributed by atoms with Crippen LogP contribution in [0.25, 0.3) is 0 Å². The molecule has 20 heavy (non-hydrogen) atoms. The highest BCUT2D eigenvalue weighted by Gasteiger charge is 2.19. The molecular formula is C14H10Cl2F2IN. The highest BCUT2D eigenvalue weighted by molar-refractivity contribution is 14.1. The average Bonchev–Trinajstić information content (AvgIpc) is 2.40. The van der Waals surface area contributed by atoms with Gasteiger partial charge in [-0.3, -0.25) is 0 Å². The quantitative estimate of drug-likeness (QED) is 0.525. The fourth-order valence-electron chi connectivity index (χ4n) is 1.95. The second-order valence-corrected chi connectivity index (χ2v) is 6.16. The topological polar surface area (TPSA) is 12.0 Å². The van der Waals surface area contributed by atoms with E-state index in [1.807, 2.05) is 12.1 Å². The van der Waals surface area contributed by atoms with Gasteiger partial charge >= 0.3 is 0 Å². The molecule has 1 unspecified atom stereocenters. The Morgan fingerprint density at radius 3 is 2.30 bits per heavy atom. The number of nitrogens with one attached hydrogen (secondary N) is 1. The van der Waals surface area contributed by atoms with E-state index >= 15 is 0 Å². The zero-order valence-corrected chi connectivity index (χ0v) is 14.0. The lowest BCUT2D eigenvalue weighted by molar-refractivity contribution is 0.505. The molecule has 0 radical (unpaired) electrons. The molecule has 0 bridgehead atoms. The van der Waals surface area contributed by atoms with Crippen LogP contribution in [0.5, 0.6) is 0 Å². The van der Waals surface area contributed by atoms with Crippen LogP contribution >= 0.6 is 45.8 Å². The van der Waals surface area contributed by atoms with Gasteiger partial charge in [-0.25, -0.2) is 8.78 Å². The van der Waals surface area contributed by atoms with Crippen molar-refractivity contribution in [2.24, 2.45) is 0 Å². The van der Waals surface area contributed by atoms with Gasteiger partial charge in [-0.05, 0) is 65.0 Å². The Hall–Kier alpha value is -0.430. The molecule has 1 N–H and O–H groups in total. The molecular weight excluding hydrogens is 418 g/mol. The molecule has 0 saturated heterocycles. The Balaban J connectivity index is 2.52. The van der Waals surface area contributed by atoms with E-state index in [-0.39, 0.29) is 11.1 Å². The van der Waals surface area contributed by atoms with Gasteiger partial charge in [0.05, 0.1) is 11.1 Å². The summed E-state index contributed by atoms with van der Waals surface area (Å²) in [6.07, 6.45) is 0. The molecule has 0 spiro atoms. The lowest BCUT2D eigenvalue weighted by atomic mass is 9.98. The van der Waals surface area contributed by atoms with Gasteiger partial charge in [0.1, 0.15) is 0 Å². The van der Waals surface area contributed by atoms with Crippen LogP contribution in [0.1, 0.15) is 17.2 Å². The van der Waals surface area contributed by atoms with Crippen molar-refractivity contribution in [1.29, 1.82) is 0 Å².